The molecule has 7 rings (SSSR count). The van der Waals surface area contributed by atoms with Gasteiger partial charge in [-0.05, 0) is 87.5 Å². The Morgan fingerprint density at radius 1 is 1.12 bits per heavy atom. The van der Waals surface area contributed by atoms with E-state index >= 15 is 0 Å². The summed E-state index contributed by atoms with van der Waals surface area (Å²) in [4.78, 5) is 12.4. The van der Waals surface area contributed by atoms with Crippen LogP contribution in [0.1, 0.15) is 57.9 Å². The number of Topliss-reactive ketones (excluding diaryl/α,β-unsaturated/α-hetero) is 1. The van der Waals surface area contributed by atoms with Crippen LogP contribution in [0.15, 0.2) is 30.5 Å². The third-order valence-electron chi connectivity index (χ3n) is 10.1. The fourth-order valence-electron chi connectivity index (χ4n) is 8.30. The third kappa shape index (κ3) is 2.27. The van der Waals surface area contributed by atoms with Crippen molar-refractivity contribution in [2.75, 3.05) is 5.32 Å². The Kier molecular flexibility index (Phi) is 3.62. The average Bonchev–Trinajstić information content (AvgIpc) is 3.41. The summed E-state index contributed by atoms with van der Waals surface area (Å²) in [6.07, 6.45) is 9.00. The van der Waals surface area contributed by atoms with Gasteiger partial charge in [-0.3, -0.25) is 4.79 Å². The minimum atomic E-state index is -0.233. The Labute approximate surface area is 187 Å². The van der Waals surface area contributed by atoms with Crippen molar-refractivity contribution in [1.82, 2.24) is 9.78 Å². The number of aromatic nitrogens is 2. The Morgan fingerprint density at radius 2 is 1.94 bits per heavy atom. The molecule has 168 valence electrons. The number of nitrogens with zero attached hydrogens (tertiary/aromatic N) is 2. The Bertz CT molecular complexity index is 1130. The summed E-state index contributed by atoms with van der Waals surface area (Å²) in [5, 5.41) is 8.57. The number of hydrogen-bond donors (Lipinski definition) is 1. The van der Waals surface area contributed by atoms with Crippen molar-refractivity contribution in [3.63, 3.8) is 0 Å². The summed E-state index contributed by atoms with van der Waals surface area (Å²) >= 11 is 0. The molecule has 1 aromatic heterocycles. The van der Waals surface area contributed by atoms with E-state index in [1.54, 1.807) is 12.1 Å². The number of nitrogens with one attached hydrogen (secondary N) is 1. The first-order chi connectivity index (χ1) is 15.3. The first kappa shape index (κ1) is 19.3. The van der Waals surface area contributed by atoms with Gasteiger partial charge in [0.15, 0.2) is 5.78 Å². The van der Waals surface area contributed by atoms with Crippen molar-refractivity contribution in [2.45, 2.75) is 76.0 Å². The first-order valence-electron chi connectivity index (χ1n) is 12.2. The zero-order chi connectivity index (χ0) is 21.9. The number of rotatable bonds is 1. The van der Waals surface area contributed by atoms with Crippen molar-refractivity contribution < 1.29 is 13.9 Å². The maximum absolute atomic E-state index is 13.4. The van der Waals surface area contributed by atoms with E-state index in [4.69, 9.17) is 4.74 Å². The molecule has 0 bridgehead atoms. The monoisotopic (exact) mass is 435 g/mol. The van der Waals surface area contributed by atoms with E-state index in [9.17, 15) is 9.18 Å². The highest BCUT2D eigenvalue weighted by atomic mass is 19.1. The second-order valence-electron chi connectivity index (χ2n) is 11.4. The summed E-state index contributed by atoms with van der Waals surface area (Å²) in [6, 6.07) is 6.55. The van der Waals surface area contributed by atoms with E-state index in [0.717, 1.165) is 43.6 Å². The third-order valence-corrected chi connectivity index (χ3v) is 10.1. The maximum Gasteiger partial charge on any atom is 0.164 e. The van der Waals surface area contributed by atoms with Gasteiger partial charge in [0, 0.05) is 22.9 Å². The lowest BCUT2D eigenvalue weighted by atomic mass is 9.45. The lowest BCUT2D eigenvalue weighted by Crippen LogP contribution is -2.62. The number of benzene rings is 1. The normalized spacial score (nSPS) is 43.8. The summed E-state index contributed by atoms with van der Waals surface area (Å²) in [6.45, 7) is 4.81. The van der Waals surface area contributed by atoms with E-state index in [1.165, 1.54) is 24.1 Å². The number of ether oxygens (including phenoxy) is 1. The molecule has 5 aliphatic rings. The number of epoxide rings is 1. The SMILES string of the molecule is CC12CCC3C(CCC45OC4C(=O)CCC35C)C1Cc1cnn(-c3ccc(F)cc3)c1N2. The van der Waals surface area contributed by atoms with Crippen molar-refractivity contribution in [1.29, 1.82) is 0 Å². The largest absolute Gasteiger partial charge is 0.364 e. The fraction of sp³-hybridized carbons (Fsp3) is 0.615. The van der Waals surface area contributed by atoms with Crippen molar-refractivity contribution in [2.24, 2.45) is 23.2 Å². The van der Waals surface area contributed by atoms with Gasteiger partial charge in [0.1, 0.15) is 23.3 Å². The molecule has 32 heavy (non-hydrogen) atoms. The molecule has 3 aliphatic carbocycles. The van der Waals surface area contributed by atoms with Crippen molar-refractivity contribution in [3.8, 4) is 5.69 Å². The molecule has 6 heteroatoms. The number of ketones is 1. The van der Waals surface area contributed by atoms with E-state index in [2.05, 4.69) is 24.3 Å². The maximum atomic E-state index is 13.4. The highest BCUT2D eigenvalue weighted by Gasteiger charge is 2.76. The number of anilines is 1. The fourth-order valence-corrected chi connectivity index (χ4v) is 8.30. The van der Waals surface area contributed by atoms with Crippen LogP contribution in [-0.4, -0.2) is 32.8 Å². The molecule has 0 radical (unpaired) electrons. The van der Waals surface area contributed by atoms with Crippen LogP contribution in [0.3, 0.4) is 0 Å². The summed E-state index contributed by atoms with van der Waals surface area (Å²) in [5.41, 5.74) is 2.10. The molecule has 1 spiro atoms. The molecular formula is C26H30FN3O2. The Morgan fingerprint density at radius 3 is 2.75 bits per heavy atom. The molecule has 4 fully saturated rings. The van der Waals surface area contributed by atoms with Gasteiger partial charge in [-0.1, -0.05) is 6.92 Å². The van der Waals surface area contributed by atoms with Crippen LogP contribution in [0.2, 0.25) is 0 Å². The van der Waals surface area contributed by atoms with Gasteiger partial charge in [-0.15, -0.1) is 0 Å². The second kappa shape index (κ2) is 6.02. The standard InChI is InChI=1S/C26H30FN3O2/c1-24-10-9-21(31)22-26(24,32-22)12-7-18-19(24)8-11-25(2)20(18)13-15-14-28-30(23(15)29-25)17-5-3-16(27)4-6-17/h3-6,14,18-20,22,29H,7-13H2,1-2H3. The molecule has 3 saturated carbocycles. The molecule has 2 aromatic rings. The van der Waals surface area contributed by atoms with Crippen molar-refractivity contribution in [3.05, 3.63) is 41.8 Å². The molecule has 2 aliphatic heterocycles. The van der Waals surface area contributed by atoms with Crippen LogP contribution in [0.25, 0.3) is 5.69 Å². The van der Waals surface area contributed by atoms with Gasteiger partial charge in [0.2, 0.25) is 0 Å². The van der Waals surface area contributed by atoms with Gasteiger partial charge in [0.05, 0.1) is 11.9 Å². The zero-order valence-electron chi connectivity index (χ0n) is 18.7. The van der Waals surface area contributed by atoms with Crippen LogP contribution < -0.4 is 5.32 Å². The quantitative estimate of drug-likeness (QED) is 0.661. The second-order valence-corrected chi connectivity index (χ2v) is 11.4. The van der Waals surface area contributed by atoms with Crippen LogP contribution in [0.5, 0.6) is 0 Å². The van der Waals surface area contributed by atoms with E-state index in [-0.39, 0.29) is 28.5 Å². The highest BCUT2D eigenvalue weighted by molar-refractivity contribution is 5.88. The summed E-state index contributed by atoms with van der Waals surface area (Å²) in [5.74, 6) is 2.95. The van der Waals surface area contributed by atoms with Gasteiger partial charge in [-0.2, -0.15) is 5.10 Å². The molecule has 7 atom stereocenters. The van der Waals surface area contributed by atoms with Crippen LogP contribution in [0, 0.1) is 29.0 Å². The lowest BCUT2D eigenvalue weighted by molar-refractivity contribution is -0.127. The topological polar surface area (TPSA) is 59.5 Å². The Hall–Kier alpha value is -2.21. The van der Waals surface area contributed by atoms with Crippen molar-refractivity contribution >= 4 is 11.6 Å². The average molecular weight is 436 g/mol. The van der Waals surface area contributed by atoms with E-state index in [1.807, 2.05) is 10.9 Å². The number of halogens is 1. The smallest absolute Gasteiger partial charge is 0.164 e. The number of hydrogen-bond acceptors (Lipinski definition) is 4. The molecule has 1 saturated heterocycles. The van der Waals surface area contributed by atoms with Crippen LogP contribution >= 0.6 is 0 Å². The van der Waals surface area contributed by atoms with Gasteiger partial charge in [0.25, 0.3) is 0 Å². The predicted molar refractivity (Wildman–Crippen MR) is 118 cm³/mol. The number of carbonyl (C=O) groups excluding carboxylic acids is 1. The molecule has 5 nitrogen and oxygen atoms in total. The molecule has 3 heterocycles. The lowest BCUT2D eigenvalue weighted by Gasteiger charge is -2.61. The van der Waals surface area contributed by atoms with Gasteiger partial charge < -0.3 is 10.1 Å². The molecular weight excluding hydrogens is 405 g/mol. The van der Waals surface area contributed by atoms with E-state index in [0.29, 0.717) is 30.0 Å². The number of carbonyl (C=O) groups is 1. The van der Waals surface area contributed by atoms with E-state index < -0.39 is 0 Å². The molecule has 0 amide bonds. The first-order valence-corrected chi connectivity index (χ1v) is 12.2. The molecule has 1 N–H and O–H groups in total. The zero-order valence-corrected chi connectivity index (χ0v) is 18.7. The van der Waals surface area contributed by atoms with Crippen LogP contribution in [-0.2, 0) is 16.0 Å². The highest BCUT2D eigenvalue weighted by Crippen LogP contribution is 2.70. The predicted octanol–water partition coefficient (Wildman–Crippen LogP) is 4.68. The minimum absolute atomic E-state index is 0.0150. The summed E-state index contributed by atoms with van der Waals surface area (Å²) < 4.78 is 21.6. The number of fused-ring (bicyclic) bond motifs is 5. The minimum Gasteiger partial charge on any atom is -0.364 e. The molecule has 1 aromatic carbocycles. The van der Waals surface area contributed by atoms with Crippen LogP contribution in [0.4, 0.5) is 10.2 Å². The van der Waals surface area contributed by atoms with Gasteiger partial charge in [-0.25, -0.2) is 9.07 Å². The Balaban J connectivity index is 1.23. The van der Waals surface area contributed by atoms with Gasteiger partial charge >= 0.3 is 0 Å². The summed E-state index contributed by atoms with van der Waals surface area (Å²) in [7, 11) is 0. The molecule has 7 unspecified atom stereocenters.